The fourth-order valence-corrected chi connectivity index (χ4v) is 2.96. The quantitative estimate of drug-likeness (QED) is 0.589. The molecule has 0 unspecified atom stereocenters. The van der Waals surface area contributed by atoms with Gasteiger partial charge >= 0.3 is 0 Å². The first-order valence-electron chi connectivity index (χ1n) is 9.41. The average Bonchev–Trinajstić information content (AvgIpc) is 3.06. The minimum atomic E-state index is -0.260. The maximum Gasteiger partial charge on any atom is 0.266 e. The van der Waals surface area contributed by atoms with E-state index in [2.05, 4.69) is 15.5 Å². The van der Waals surface area contributed by atoms with Crippen molar-refractivity contribution >= 4 is 11.7 Å². The standard InChI is InChI=1S/C21H23N5O3/c1-15-14-16(2)26(23-15)19-9-11-21(29)25(24-19)13-12-22-20(28)10-8-18(27)17-6-4-3-5-7-17/h3-7,9,11,14H,8,10,12-13H2,1-2H3,(H,22,28). The molecule has 0 atom stereocenters. The highest BCUT2D eigenvalue weighted by molar-refractivity contribution is 5.97. The van der Waals surface area contributed by atoms with Crippen LogP contribution in [0.15, 0.2) is 53.3 Å². The van der Waals surface area contributed by atoms with Crippen LogP contribution in [0.25, 0.3) is 5.82 Å². The van der Waals surface area contributed by atoms with E-state index in [1.54, 1.807) is 35.0 Å². The van der Waals surface area contributed by atoms with Gasteiger partial charge in [0, 0.05) is 36.7 Å². The second-order valence-corrected chi connectivity index (χ2v) is 6.73. The van der Waals surface area contributed by atoms with Crippen molar-refractivity contribution in [2.24, 2.45) is 0 Å². The molecule has 3 rings (SSSR count). The van der Waals surface area contributed by atoms with Crippen LogP contribution in [0.5, 0.6) is 0 Å². The summed E-state index contributed by atoms with van der Waals surface area (Å²) in [5.74, 6) is 0.225. The summed E-state index contributed by atoms with van der Waals surface area (Å²) in [5.41, 5.74) is 2.11. The lowest BCUT2D eigenvalue weighted by molar-refractivity contribution is -0.121. The molecule has 2 aromatic heterocycles. The molecular formula is C21H23N5O3. The van der Waals surface area contributed by atoms with Gasteiger partial charge in [0.25, 0.3) is 5.56 Å². The van der Waals surface area contributed by atoms with E-state index in [1.165, 1.54) is 10.7 Å². The van der Waals surface area contributed by atoms with Crippen molar-refractivity contribution in [1.82, 2.24) is 24.9 Å². The molecule has 150 valence electrons. The Hall–Kier alpha value is -3.55. The van der Waals surface area contributed by atoms with Crippen LogP contribution in [-0.2, 0) is 11.3 Å². The van der Waals surface area contributed by atoms with Crippen molar-refractivity contribution in [3.8, 4) is 5.82 Å². The van der Waals surface area contributed by atoms with Crippen LogP contribution in [0.1, 0.15) is 34.6 Å². The molecule has 1 N–H and O–H groups in total. The number of hydrogen-bond acceptors (Lipinski definition) is 5. The molecule has 1 aromatic carbocycles. The van der Waals surface area contributed by atoms with E-state index in [9.17, 15) is 14.4 Å². The number of ketones is 1. The van der Waals surface area contributed by atoms with Crippen molar-refractivity contribution in [2.45, 2.75) is 33.2 Å². The van der Waals surface area contributed by atoms with Gasteiger partial charge in [-0.2, -0.15) is 5.10 Å². The third-order valence-electron chi connectivity index (χ3n) is 4.40. The maximum atomic E-state index is 12.1. The zero-order chi connectivity index (χ0) is 20.8. The number of nitrogens with zero attached hydrogens (tertiary/aromatic N) is 4. The van der Waals surface area contributed by atoms with Gasteiger partial charge in [0.2, 0.25) is 5.91 Å². The predicted molar refractivity (Wildman–Crippen MR) is 108 cm³/mol. The summed E-state index contributed by atoms with van der Waals surface area (Å²) in [6, 6.07) is 13.8. The number of amides is 1. The van der Waals surface area contributed by atoms with E-state index in [4.69, 9.17) is 0 Å². The Balaban J connectivity index is 1.53. The molecule has 2 heterocycles. The Kier molecular flexibility index (Phi) is 6.33. The lowest BCUT2D eigenvalue weighted by Crippen LogP contribution is -2.32. The van der Waals surface area contributed by atoms with Crippen molar-refractivity contribution in [3.05, 3.63) is 75.8 Å². The minimum absolute atomic E-state index is 0.0729. The lowest BCUT2D eigenvalue weighted by Gasteiger charge is -2.09. The molecule has 8 heteroatoms. The summed E-state index contributed by atoms with van der Waals surface area (Å²) >= 11 is 0. The predicted octanol–water partition coefficient (Wildman–Crippen LogP) is 1.83. The van der Waals surface area contributed by atoms with Crippen LogP contribution >= 0.6 is 0 Å². The molecule has 0 aliphatic rings. The van der Waals surface area contributed by atoms with E-state index in [1.807, 2.05) is 26.0 Å². The first-order chi connectivity index (χ1) is 13.9. The second kappa shape index (κ2) is 9.09. The number of rotatable bonds is 8. The first-order valence-corrected chi connectivity index (χ1v) is 9.41. The van der Waals surface area contributed by atoms with Gasteiger partial charge in [0.05, 0.1) is 12.2 Å². The van der Waals surface area contributed by atoms with Crippen molar-refractivity contribution in [3.63, 3.8) is 0 Å². The van der Waals surface area contributed by atoms with E-state index in [-0.39, 0.29) is 43.2 Å². The molecule has 3 aromatic rings. The van der Waals surface area contributed by atoms with Gasteiger partial charge in [-0.05, 0) is 26.0 Å². The fourth-order valence-electron chi connectivity index (χ4n) is 2.96. The molecular weight excluding hydrogens is 370 g/mol. The normalized spacial score (nSPS) is 10.7. The SMILES string of the molecule is Cc1cc(C)n(-c2ccc(=O)n(CCNC(=O)CCC(=O)c3ccccc3)n2)n1. The average molecular weight is 393 g/mol. The zero-order valence-electron chi connectivity index (χ0n) is 16.5. The third-order valence-corrected chi connectivity index (χ3v) is 4.40. The van der Waals surface area contributed by atoms with Crippen LogP contribution < -0.4 is 10.9 Å². The van der Waals surface area contributed by atoms with E-state index < -0.39 is 0 Å². The first kappa shape index (κ1) is 20.2. The second-order valence-electron chi connectivity index (χ2n) is 6.73. The zero-order valence-corrected chi connectivity index (χ0v) is 16.5. The summed E-state index contributed by atoms with van der Waals surface area (Å²) in [4.78, 5) is 36.1. The summed E-state index contributed by atoms with van der Waals surface area (Å²) in [6.45, 7) is 4.27. The smallest absolute Gasteiger partial charge is 0.266 e. The van der Waals surface area contributed by atoms with Crippen LogP contribution in [0, 0.1) is 13.8 Å². The van der Waals surface area contributed by atoms with Crippen LogP contribution in [-0.4, -0.2) is 37.8 Å². The topological polar surface area (TPSA) is 98.9 Å². The molecule has 0 spiro atoms. The lowest BCUT2D eigenvalue weighted by atomic mass is 10.1. The van der Waals surface area contributed by atoms with Gasteiger partial charge in [-0.3, -0.25) is 14.4 Å². The van der Waals surface area contributed by atoms with Gasteiger partial charge in [0.1, 0.15) is 0 Å². The van der Waals surface area contributed by atoms with E-state index in [0.29, 0.717) is 11.4 Å². The van der Waals surface area contributed by atoms with Gasteiger partial charge in [-0.1, -0.05) is 30.3 Å². The number of carbonyl (C=O) groups excluding carboxylic acids is 2. The largest absolute Gasteiger partial charge is 0.354 e. The van der Waals surface area contributed by atoms with Crippen molar-refractivity contribution in [1.29, 1.82) is 0 Å². The minimum Gasteiger partial charge on any atom is -0.354 e. The Morgan fingerprint density at radius 2 is 1.76 bits per heavy atom. The van der Waals surface area contributed by atoms with E-state index >= 15 is 0 Å². The number of nitrogens with one attached hydrogen (secondary N) is 1. The summed E-state index contributed by atoms with van der Waals surface area (Å²) in [7, 11) is 0. The Morgan fingerprint density at radius 1 is 1.00 bits per heavy atom. The molecule has 0 saturated heterocycles. The molecule has 0 saturated carbocycles. The summed E-state index contributed by atoms with van der Waals surface area (Å²) < 4.78 is 2.96. The number of carbonyl (C=O) groups is 2. The number of benzene rings is 1. The van der Waals surface area contributed by atoms with Gasteiger partial charge in [-0.15, -0.1) is 5.10 Å². The highest BCUT2D eigenvalue weighted by atomic mass is 16.2. The molecule has 0 radical (unpaired) electrons. The highest BCUT2D eigenvalue weighted by Crippen LogP contribution is 2.08. The van der Waals surface area contributed by atoms with Crippen LogP contribution in [0.3, 0.4) is 0 Å². The Labute approximate surface area is 168 Å². The number of hydrogen-bond donors (Lipinski definition) is 1. The van der Waals surface area contributed by atoms with Crippen LogP contribution in [0.4, 0.5) is 0 Å². The molecule has 0 aliphatic heterocycles. The highest BCUT2D eigenvalue weighted by Gasteiger charge is 2.10. The van der Waals surface area contributed by atoms with Crippen molar-refractivity contribution in [2.75, 3.05) is 6.54 Å². The Morgan fingerprint density at radius 3 is 2.45 bits per heavy atom. The molecule has 0 bridgehead atoms. The van der Waals surface area contributed by atoms with Gasteiger partial charge in [0.15, 0.2) is 11.6 Å². The van der Waals surface area contributed by atoms with Crippen molar-refractivity contribution < 1.29 is 9.59 Å². The molecule has 29 heavy (non-hydrogen) atoms. The van der Waals surface area contributed by atoms with Gasteiger partial charge in [-0.25, -0.2) is 9.36 Å². The maximum absolute atomic E-state index is 12.1. The van der Waals surface area contributed by atoms with Gasteiger partial charge < -0.3 is 5.32 Å². The molecule has 1 amide bonds. The molecule has 8 nitrogen and oxygen atoms in total. The molecule has 0 aliphatic carbocycles. The summed E-state index contributed by atoms with van der Waals surface area (Å²) in [6.07, 6.45) is 0.239. The number of aryl methyl sites for hydroxylation is 2. The summed E-state index contributed by atoms with van der Waals surface area (Å²) in [5, 5.41) is 11.4. The number of aromatic nitrogens is 4. The third kappa shape index (κ3) is 5.25. The van der Waals surface area contributed by atoms with E-state index in [0.717, 1.165) is 11.4 Å². The monoisotopic (exact) mass is 393 g/mol. The van der Waals surface area contributed by atoms with Crippen LogP contribution in [0.2, 0.25) is 0 Å². The Bertz CT molecular complexity index is 1070. The fraction of sp³-hybridized carbons (Fsp3) is 0.286. The number of Topliss-reactive ketones (excluding diaryl/α,β-unsaturated/α-hetero) is 1. The molecule has 0 fully saturated rings.